The normalized spacial score (nSPS) is 11.2. The zero-order chi connectivity index (χ0) is 22.8. The fourth-order valence-electron chi connectivity index (χ4n) is 3.74. The van der Waals surface area contributed by atoms with Crippen molar-refractivity contribution in [1.82, 2.24) is 24.5 Å². The second-order valence-corrected chi connectivity index (χ2v) is 7.96. The highest BCUT2D eigenvalue weighted by Crippen LogP contribution is 2.26. The summed E-state index contributed by atoms with van der Waals surface area (Å²) < 4.78 is 7.25. The number of ether oxygens (including phenoxy) is 1. The lowest BCUT2D eigenvalue weighted by Crippen LogP contribution is -2.09. The topological polar surface area (TPSA) is 82.8 Å². The van der Waals surface area contributed by atoms with Crippen molar-refractivity contribution in [2.45, 2.75) is 40.7 Å². The first-order valence-corrected chi connectivity index (χ1v) is 10.9. The molecule has 0 bridgehead atoms. The summed E-state index contributed by atoms with van der Waals surface area (Å²) in [5, 5.41) is 0.508. The average Bonchev–Trinajstić information content (AvgIpc) is 3.12. The Morgan fingerprint density at radius 2 is 1.91 bits per heavy atom. The number of hydrogen-bond donors (Lipinski definition) is 0. The molecule has 0 aliphatic carbocycles. The maximum absolute atomic E-state index is 12.3. The summed E-state index contributed by atoms with van der Waals surface area (Å²) >= 11 is 6.17. The maximum Gasteiger partial charge on any atom is 0.338 e. The first-order chi connectivity index (χ1) is 15.4. The molecule has 3 heterocycles. The summed E-state index contributed by atoms with van der Waals surface area (Å²) in [6.07, 6.45) is 4.14. The molecule has 164 valence electrons. The molecule has 0 amide bonds. The number of fused-ring (bicyclic) bond motifs is 1. The van der Waals surface area contributed by atoms with E-state index in [0.717, 1.165) is 40.4 Å². The van der Waals surface area contributed by atoms with E-state index in [1.807, 2.05) is 13.0 Å². The Balaban J connectivity index is 1.70. The van der Waals surface area contributed by atoms with Crippen molar-refractivity contribution >= 4 is 28.7 Å². The standard InChI is InChI=1S/C24H24ClN5O2/c1-5-21-29-22-14(3)9-15(4)28-23(22)30(21)13-17-11-27-20(12-26-17)19-10-16(25)7-8-18(19)24(31)32-6-2/h7-12H,5-6,13H2,1-4H3. The van der Waals surface area contributed by atoms with Crippen molar-refractivity contribution < 1.29 is 9.53 Å². The molecule has 0 spiro atoms. The molecule has 0 aliphatic heterocycles. The van der Waals surface area contributed by atoms with Gasteiger partial charge in [-0.1, -0.05) is 18.5 Å². The fourth-order valence-corrected chi connectivity index (χ4v) is 3.91. The molecule has 0 aliphatic rings. The van der Waals surface area contributed by atoms with Gasteiger partial charge in [0.25, 0.3) is 0 Å². The third kappa shape index (κ3) is 4.21. The third-order valence-electron chi connectivity index (χ3n) is 5.20. The lowest BCUT2D eigenvalue weighted by molar-refractivity contribution is 0.0527. The van der Waals surface area contributed by atoms with Crippen molar-refractivity contribution in [3.05, 3.63) is 70.0 Å². The van der Waals surface area contributed by atoms with Crippen LogP contribution in [-0.4, -0.2) is 37.1 Å². The Hall–Kier alpha value is -3.32. The molecule has 0 fully saturated rings. The van der Waals surface area contributed by atoms with Crippen molar-refractivity contribution in [2.75, 3.05) is 6.61 Å². The predicted molar refractivity (Wildman–Crippen MR) is 124 cm³/mol. The van der Waals surface area contributed by atoms with E-state index in [-0.39, 0.29) is 6.61 Å². The van der Waals surface area contributed by atoms with Crippen molar-refractivity contribution in [2.24, 2.45) is 0 Å². The van der Waals surface area contributed by atoms with Crippen molar-refractivity contribution in [3.8, 4) is 11.3 Å². The zero-order valence-corrected chi connectivity index (χ0v) is 19.3. The van der Waals surface area contributed by atoms with Gasteiger partial charge in [-0.15, -0.1) is 0 Å². The van der Waals surface area contributed by atoms with Gasteiger partial charge in [0.15, 0.2) is 5.65 Å². The molecule has 1 aromatic carbocycles. The minimum Gasteiger partial charge on any atom is -0.462 e. The zero-order valence-electron chi connectivity index (χ0n) is 18.5. The number of aryl methyl sites for hydroxylation is 3. The summed E-state index contributed by atoms with van der Waals surface area (Å²) in [6, 6.07) is 7.05. The van der Waals surface area contributed by atoms with Crippen molar-refractivity contribution in [3.63, 3.8) is 0 Å². The van der Waals surface area contributed by atoms with Crippen LogP contribution in [0.25, 0.3) is 22.4 Å². The van der Waals surface area contributed by atoms with Crippen LogP contribution in [0.4, 0.5) is 0 Å². The second-order valence-electron chi connectivity index (χ2n) is 7.52. The molecule has 3 aromatic heterocycles. The van der Waals surface area contributed by atoms with Gasteiger partial charge in [0.05, 0.1) is 42.5 Å². The summed E-state index contributed by atoms with van der Waals surface area (Å²) in [4.78, 5) is 31.0. The first kappa shape index (κ1) is 21.9. The Morgan fingerprint density at radius 3 is 2.59 bits per heavy atom. The number of halogens is 1. The van der Waals surface area contributed by atoms with E-state index in [2.05, 4.69) is 28.4 Å². The predicted octanol–water partition coefficient (Wildman–Crippen LogP) is 4.95. The lowest BCUT2D eigenvalue weighted by atomic mass is 10.0. The number of nitrogens with zero attached hydrogens (tertiary/aromatic N) is 5. The van der Waals surface area contributed by atoms with E-state index in [4.69, 9.17) is 26.3 Å². The number of aromatic nitrogens is 5. The third-order valence-corrected chi connectivity index (χ3v) is 5.43. The van der Waals surface area contributed by atoms with Gasteiger partial charge >= 0.3 is 5.97 Å². The van der Waals surface area contributed by atoms with E-state index in [1.165, 1.54) is 0 Å². The number of benzene rings is 1. The molecule has 32 heavy (non-hydrogen) atoms. The van der Waals surface area contributed by atoms with Crippen LogP contribution in [0.15, 0.2) is 36.7 Å². The first-order valence-electron chi connectivity index (χ1n) is 10.5. The second kappa shape index (κ2) is 9.04. The molecule has 0 saturated carbocycles. The Morgan fingerprint density at radius 1 is 1.09 bits per heavy atom. The molecular formula is C24H24ClN5O2. The number of carbonyl (C=O) groups excluding carboxylic acids is 1. The maximum atomic E-state index is 12.3. The largest absolute Gasteiger partial charge is 0.462 e. The molecular weight excluding hydrogens is 426 g/mol. The minimum absolute atomic E-state index is 0.289. The highest BCUT2D eigenvalue weighted by Gasteiger charge is 2.17. The van der Waals surface area contributed by atoms with Gasteiger partial charge in [0, 0.05) is 22.7 Å². The Labute approximate surface area is 191 Å². The quantitative estimate of drug-likeness (QED) is 0.387. The van der Waals surface area contributed by atoms with Crippen LogP contribution in [0.5, 0.6) is 0 Å². The van der Waals surface area contributed by atoms with Gasteiger partial charge in [-0.3, -0.25) is 9.97 Å². The lowest BCUT2D eigenvalue weighted by Gasteiger charge is -2.10. The number of imidazole rings is 1. The Kier molecular flexibility index (Phi) is 6.19. The fraction of sp³-hybridized carbons (Fsp3) is 0.292. The van der Waals surface area contributed by atoms with Gasteiger partial charge in [0.2, 0.25) is 0 Å². The van der Waals surface area contributed by atoms with E-state index in [1.54, 1.807) is 37.5 Å². The van der Waals surface area contributed by atoms with Gasteiger partial charge in [-0.05, 0) is 50.6 Å². The number of carbonyl (C=O) groups is 1. The van der Waals surface area contributed by atoms with Crippen LogP contribution in [-0.2, 0) is 17.7 Å². The summed E-state index contributed by atoms with van der Waals surface area (Å²) in [7, 11) is 0. The molecule has 0 unspecified atom stereocenters. The summed E-state index contributed by atoms with van der Waals surface area (Å²) in [6.45, 7) is 8.67. The van der Waals surface area contributed by atoms with Crippen LogP contribution in [0.1, 0.15) is 47.0 Å². The molecule has 4 rings (SSSR count). The molecule has 0 atom stereocenters. The number of rotatable bonds is 6. The Bertz CT molecular complexity index is 1300. The van der Waals surface area contributed by atoms with Gasteiger partial charge < -0.3 is 9.30 Å². The van der Waals surface area contributed by atoms with Crippen molar-refractivity contribution in [1.29, 1.82) is 0 Å². The molecule has 7 nitrogen and oxygen atoms in total. The number of pyridine rings is 1. The van der Waals surface area contributed by atoms with Crippen LogP contribution in [0, 0.1) is 13.8 Å². The molecule has 4 aromatic rings. The molecule has 0 radical (unpaired) electrons. The van der Waals surface area contributed by atoms with Gasteiger partial charge in [-0.2, -0.15) is 0 Å². The number of esters is 1. The van der Waals surface area contributed by atoms with E-state index < -0.39 is 5.97 Å². The van der Waals surface area contributed by atoms with E-state index in [0.29, 0.717) is 28.4 Å². The van der Waals surface area contributed by atoms with Crippen LogP contribution in [0.2, 0.25) is 5.02 Å². The summed E-state index contributed by atoms with van der Waals surface area (Å²) in [5.74, 6) is 0.533. The monoisotopic (exact) mass is 449 g/mol. The molecule has 0 saturated heterocycles. The smallest absolute Gasteiger partial charge is 0.338 e. The van der Waals surface area contributed by atoms with Gasteiger partial charge in [0.1, 0.15) is 11.3 Å². The van der Waals surface area contributed by atoms with Crippen LogP contribution in [0.3, 0.4) is 0 Å². The molecule has 0 N–H and O–H groups in total. The van der Waals surface area contributed by atoms with E-state index in [9.17, 15) is 4.79 Å². The van der Waals surface area contributed by atoms with E-state index >= 15 is 0 Å². The highest BCUT2D eigenvalue weighted by atomic mass is 35.5. The summed E-state index contributed by atoms with van der Waals surface area (Å²) in [5.41, 5.74) is 6.13. The van der Waals surface area contributed by atoms with Crippen LogP contribution < -0.4 is 0 Å². The highest BCUT2D eigenvalue weighted by molar-refractivity contribution is 6.31. The molecule has 8 heteroatoms. The number of hydrogen-bond acceptors (Lipinski definition) is 6. The van der Waals surface area contributed by atoms with Gasteiger partial charge in [-0.25, -0.2) is 14.8 Å². The van der Waals surface area contributed by atoms with Crippen LogP contribution >= 0.6 is 11.6 Å². The minimum atomic E-state index is -0.417. The average molecular weight is 450 g/mol. The SMILES string of the molecule is CCOC(=O)c1ccc(Cl)cc1-c1cnc(Cn2c(CC)nc3c(C)cc(C)nc32)cn1.